The van der Waals surface area contributed by atoms with E-state index in [0.29, 0.717) is 12.0 Å². The number of nitrogens with one attached hydrogen (secondary N) is 2. The van der Waals surface area contributed by atoms with E-state index < -0.39 is 0 Å². The van der Waals surface area contributed by atoms with E-state index in [1.54, 1.807) is 0 Å². The van der Waals surface area contributed by atoms with Crippen LogP contribution in [0.4, 0.5) is 0 Å². The van der Waals surface area contributed by atoms with Crippen LogP contribution in [0.1, 0.15) is 46.0 Å². The van der Waals surface area contributed by atoms with Gasteiger partial charge in [0.2, 0.25) is 5.91 Å². The Morgan fingerprint density at radius 3 is 3.00 bits per heavy atom. The van der Waals surface area contributed by atoms with Gasteiger partial charge in [-0.25, -0.2) is 0 Å². The Bertz CT molecular complexity index is 295. The third kappa shape index (κ3) is 3.93. The van der Waals surface area contributed by atoms with Gasteiger partial charge in [0.15, 0.2) is 0 Å². The molecule has 0 radical (unpaired) electrons. The molecule has 19 heavy (non-hydrogen) atoms. The molecule has 110 valence electrons. The van der Waals surface area contributed by atoms with Crippen molar-refractivity contribution in [1.29, 1.82) is 0 Å². The Morgan fingerprint density at radius 2 is 2.21 bits per heavy atom. The first-order valence-electron chi connectivity index (χ1n) is 7.97. The van der Waals surface area contributed by atoms with Gasteiger partial charge in [0.25, 0.3) is 0 Å². The molecule has 1 amide bonds. The maximum atomic E-state index is 12.1. The minimum atomic E-state index is 0.124. The summed E-state index contributed by atoms with van der Waals surface area (Å²) >= 11 is 0. The number of hydrogen-bond acceptors (Lipinski definition) is 3. The van der Waals surface area contributed by atoms with Crippen molar-refractivity contribution >= 4 is 5.91 Å². The predicted octanol–water partition coefficient (Wildman–Crippen LogP) is 1.37. The summed E-state index contributed by atoms with van der Waals surface area (Å²) in [5.41, 5.74) is 0. The maximum Gasteiger partial charge on any atom is 0.237 e. The zero-order chi connectivity index (χ0) is 13.7. The molecule has 0 aromatic carbocycles. The number of nitrogens with zero attached hydrogens (tertiary/aromatic N) is 1. The summed E-state index contributed by atoms with van der Waals surface area (Å²) in [5.74, 6) is 0.944. The van der Waals surface area contributed by atoms with Gasteiger partial charge in [-0.05, 0) is 58.0 Å². The van der Waals surface area contributed by atoms with Crippen LogP contribution in [0.3, 0.4) is 0 Å². The average molecular weight is 267 g/mol. The Hall–Kier alpha value is -0.610. The minimum absolute atomic E-state index is 0.124. The number of amides is 1. The van der Waals surface area contributed by atoms with Crippen molar-refractivity contribution in [2.24, 2.45) is 5.92 Å². The van der Waals surface area contributed by atoms with Crippen LogP contribution < -0.4 is 10.6 Å². The van der Waals surface area contributed by atoms with Gasteiger partial charge in [-0.2, -0.15) is 0 Å². The van der Waals surface area contributed by atoms with Gasteiger partial charge in [0.1, 0.15) is 0 Å². The number of likely N-dealkylation sites (tertiary alicyclic amines) is 1. The summed E-state index contributed by atoms with van der Waals surface area (Å²) in [7, 11) is 0. The Labute approximate surface area is 117 Å². The molecule has 0 spiro atoms. The summed E-state index contributed by atoms with van der Waals surface area (Å²) in [6, 6.07) is 0.681. The largest absolute Gasteiger partial charge is 0.355 e. The molecule has 2 saturated heterocycles. The van der Waals surface area contributed by atoms with Gasteiger partial charge in [0, 0.05) is 19.1 Å². The number of hydrogen-bond donors (Lipinski definition) is 2. The number of piperidine rings is 1. The summed E-state index contributed by atoms with van der Waals surface area (Å²) in [4.78, 5) is 14.6. The van der Waals surface area contributed by atoms with Gasteiger partial charge >= 0.3 is 0 Å². The van der Waals surface area contributed by atoms with E-state index >= 15 is 0 Å². The Kier molecular flexibility index (Phi) is 5.64. The highest BCUT2D eigenvalue weighted by Gasteiger charge is 2.32. The Morgan fingerprint density at radius 1 is 1.37 bits per heavy atom. The maximum absolute atomic E-state index is 12.1. The van der Waals surface area contributed by atoms with E-state index in [9.17, 15) is 4.79 Å². The lowest BCUT2D eigenvalue weighted by molar-refractivity contribution is -0.127. The average Bonchev–Trinajstić information content (AvgIpc) is 2.64. The fourth-order valence-corrected chi connectivity index (χ4v) is 3.49. The standard InChI is InChI=1S/C15H29N3O/c1-3-16-12(2)13-7-6-10-18(11-13)14-8-4-5-9-17-15(14)19/h12-14,16H,3-11H2,1-2H3,(H,17,19). The highest BCUT2D eigenvalue weighted by Crippen LogP contribution is 2.24. The van der Waals surface area contributed by atoms with Crippen molar-refractivity contribution in [2.45, 2.75) is 58.0 Å². The first-order chi connectivity index (χ1) is 9.22. The molecule has 2 fully saturated rings. The first-order valence-corrected chi connectivity index (χ1v) is 7.97. The molecule has 0 aromatic rings. The molecule has 0 bridgehead atoms. The highest BCUT2D eigenvalue weighted by molar-refractivity contribution is 5.81. The smallest absolute Gasteiger partial charge is 0.237 e. The van der Waals surface area contributed by atoms with E-state index in [1.165, 1.54) is 19.3 Å². The molecule has 2 aliphatic heterocycles. The fourth-order valence-electron chi connectivity index (χ4n) is 3.49. The van der Waals surface area contributed by atoms with Gasteiger partial charge in [-0.1, -0.05) is 6.92 Å². The van der Waals surface area contributed by atoms with Gasteiger partial charge in [0.05, 0.1) is 6.04 Å². The van der Waals surface area contributed by atoms with Crippen LogP contribution in [0.25, 0.3) is 0 Å². The molecule has 2 N–H and O–H groups in total. The van der Waals surface area contributed by atoms with Crippen LogP contribution in [0, 0.1) is 5.92 Å². The molecule has 0 saturated carbocycles. The molecular weight excluding hydrogens is 238 g/mol. The summed E-state index contributed by atoms with van der Waals surface area (Å²) < 4.78 is 0. The predicted molar refractivity (Wildman–Crippen MR) is 78.1 cm³/mol. The molecule has 2 heterocycles. The second-order valence-corrected chi connectivity index (χ2v) is 6.05. The van der Waals surface area contributed by atoms with E-state index in [4.69, 9.17) is 0 Å². The highest BCUT2D eigenvalue weighted by atomic mass is 16.2. The lowest BCUT2D eigenvalue weighted by atomic mass is 9.90. The van der Waals surface area contributed by atoms with Crippen LogP contribution in [0.5, 0.6) is 0 Å². The molecule has 4 nitrogen and oxygen atoms in total. The van der Waals surface area contributed by atoms with E-state index in [2.05, 4.69) is 29.4 Å². The molecule has 3 atom stereocenters. The van der Waals surface area contributed by atoms with E-state index in [-0.39, 0.29) is 11.9 Å². The molecule has 0 aliphatic carbocycles. The monoisotopic (exact) mass is 267 g/mol. The van der Waals surface area contributed by atoms with Crippen LogP contribution in [0.2, 0.25) is 0 Å². The normalized spacial score (nSPS) is 31.6. The molecular formula is C15H29N3O. The number of rotatable bonds is 4. The molecule has 2 aliphatic rings. The van der Waals surface area contributed by atoms with Crippen molar-refractivity contribution in [2.75, 3.05) is 26.2 Å². The van der Waals surface area contributed by atoms with Crippen LogP contribution in [-0.4, -0.2) is 49.1 Å². The molecule has 4 heteroatoms. The zero-order valence-corrected chi connectivity index (χ0v) is 12.5. The van der Waals surface area contributed by atoms with Gasteiger partial charge in [-0.3, -0.25) is 9.69 Å². The third-order valence-corrected chi connectivity index (χ3v) is 4.67. The van der Waals surface area contributed by atoms with Crippen LogP contribution in [-0.2, 0) is 4.79 Å². The second-order valence-electron chi connectivity index (χ2n) is 6.05. The number of carbonyl (C=O) groups is 1. The van der Waals surface area contributed by atoms with E-state index in [0.717, 1.165) is 39.0 Å². The SMILES string of the molecule is CCNC(C)C1CCCN(C2CCCCNC2=O)C1. The van der Waals surface area contributed by atoms with Crippen LogP contribution >= 0.6 is 0 Å². The summed E-state index contributed by atoms with van der Waals surface area (Å²) in [5, 5.41) is 6.60. The molecule has 0 aromatic heterocycles. The third-order valence-electron chi connectivity index (χ3n) is 4.67. The Balaban J connectivity index is 1.93. The lowest BCUT2D eigenvalue weighted by Gasteiger charge is -2.39. The van der Waals surface area contributed by atoms with Crippen molar-refractivity contribution in [1.82, 2.24) is 15.5 Å². The second kappa shape index (κ2) is 7.25. The quantitative estimate of drug-likeness (QED) is 0.808. The fraction of sp³-hybridized carbons (Fsp3) is 0.933. The topological polar surface area (TPSA) is 44.4 Å². The minimum Gasteiger partial charge on any atom is -0.355 e. The zero-order valence-electron chi connectivity index (χ0n) is 12.5. The van der Waals surface area contributed by atoms with E-state index in [1.807, 2.05) is 0 Å². The summed E-state index contributed by atoms with van der Waals surface area (Å²) in [6.45, 7) is 8.50. The molecule has 2 rings (SSSR count). The van der Waals surface area contributed by atoms with Crippen molar-refractivity contribution in [3.05, 3.63) is 0 Å². The first kappa shape index (κ1) is 14.8. The van der Waals surface area contributed by atoms with Crippen molar-refractivity contribution < 1.29 is 4.79 Å². The van der Waals surface area contributed by atoms with Crippen molar-refractivity contribution in [3.63, 3.8) is 0 Å². The summed E-state index contributed by atoms with van der Waals surface area (Å²) in [6.07, 6.45) is 5.86. The van der Waals surface area contributed by atoms with Crippen LogP contribution in [0.15, 0.2) is 0 Å². The molecule has 3 unspecified atom stereocenters. The van der Waals surface area contributed by atoms with Gasteiger partial charge in [-0.15, -0.1) is 0 Å². The lowest BCUT2D eigenvalue weighted by Crippen LogP contribution is -2.52. The number of carbonyl (C=O) groups excluding carboxylic acids is 1. The van der Waals surface area contributed by atoms with Gasteiger partial charge < -0.3 is 10.6 Å². The van der Waals surface area contributed by atoms with Crippen molar-refractivity contribution in [3.8, 4) is 0 Å².